The van der Waals surface area contributed by atoms with E-state index in [1.54, 1.807) is 42.5 Å². The summed E-state index contributed by atoms with van der Waals surface area (Å²) in [5.41, 5.74) is 1.91. The highest BCUT2D eigenvalue weighted by molar-refractivity contribution is 6.03. The molecule has 30 heavy (non-hydrogen) atoms. The second kappa shape index (κ2) is 7.82. The SMILES string of the molecule is COc1ccc(C2=NN(c3cccc(C(F)(F)F)c3)[C@@H](c3ccc(F)cc3)C2)cc1. The molecule has 0 bridgehead atoms. The number of benzene rings is 3. The fourth-order valence-electron chi connectivity index (χ4n) is 3.48. The zero-order valence-electron chi connectivity index (χ0n) is 16.0. The van der Waals surface area contributed by atoms with Gasteiger partial charge in [-0.15, -0.1) is 0 Å². The summed E-state index contributed by atoms with van der Waals surface area (Å²) in [6.45, 7) is 0. The fourth-order valence-corrected chi connectivity index (χ4v) is 3.48. The van der Waals surface area contributed by atoms with Crippen LogP contribution in [-0.2, 0) is 6.18 Å². The van der Waals surface area contributed by atoms with Crippen molar-refractivity contribution in [3.05, 3.63) is 95.3 Å². The van der Waals surface area contributed by atoms with Crippen LogP contribution in [0.25, 0.3) is 0 Å². The van der Waals surface area contributed by atoms with Gasteiger partial charge in [0.1, 0.15) is 11.6 Å². The van der Waals surface area contributed by atoms with Crippen molar-refractivity contribution in [3.63, 3.8) is 0 Å². The molecule has 1 aliphatic rings. The predicted molar refractivity (Wildman–Crippen MR) is 107 cm³/mol. The van der Waals surface area contributed by atoms with E-state index in [9.17, 15) is 17.6 Å². The number of nitrogens with zero attached hydrogens (tertiary/aromatic N) is 2. The highest BCUT2D eigenvalue weighted by atomic mass is 19.4. The second-order valence-corrected chi connectivity index (χ2v) is 6.94. The van der Waals surface area contributed by atoms with Crippen LogP contribution in [0, 0.1) is 5.82 Å². The molecule has 0 aromatic heterocycles. The third-order valence-electron chi connectivity index (χ3n) is 5.03. The summed E-state index contributed by atoms with van der Waals surface area (Å²) in [7, 11) is 1.57. The third kappa shape index (κ3) is 4.01. The number of alkyl halides is 3. The van der Waals surface area contributed by atoms with Gasteiger partial charge in [0.05, 0.1) is 30.1 Å². The fraction of sp³-hybridized carbons (Fsp3) is 0.174. The first-order chi connectivity index (χ1) is 14.3. The highest BCUT2D eigenvalue weighted by Gasteiger charge is 2.34. The number of hydrazone groups is 1. The Balaban J connectivity index is 1.75. The summed E-state index contributed by atoms with van der Waals surface area (Å²) in [6.07, 6.45) is -3.99. The van der Waals surface area contributed by atoms with Crippen LogP contribution in [0.3, 0.4) is 0 Å². The van der Waals surface area contributed by atoms with Crippen LogP contribution in [0.15, 0.2) is 77.9 Å². The van der Waals surface area contributed by atoms with Gasteiger partial charge in [-0.25, -0.2) is 4.39 Å². The first-order valence-corrected chi connectivity index (χ1v) is 9.29. The van der Waals surface area contributed by atoms with Gasteiger partial charge in [0, 0.05) is 6.42 Å². The molecule has 0 saturated carbocycles. The first kappa shape index (κ1) is 19.9. The molecule has 0 saturated heterocycles. The van der Waals surface area contributed by atoms with Crippen LogP contribution in [0.4, 0.5) is 23.2 Å². The Morgan fingerprint density at radius 2 is 1.67 bits per heavy atom. The Morgan fingerprint density at radius 3 is 2.30 bits per heavy atom. The standard InChI is InChI=1S/C23H18F4N2O/c1-30-20-11-7-15(8-12-20)21-14-22(16-5-9-18(24)10-6-16)29(28-21)19-4-2-3-17(13-19)23(25,26)27/h2-13,22H,14H2,1H3/t22-/m1/s1. The monoisotopic (exact) mass is 414 g/mol. The Bertz CT molecular complexity index is 1060. The van der Waals surface area contributed by atoms with E-state index in [-0.39, 0.29) is 11.9 Å². The molecule has 0 N–H and O–H groups in total. The van der Waals surface area contributed by atoms with E-state index < -0.39 is 11.7 Å². The smallest absolute Gasteiger partial charge is 0.416 e. The van der Waals surface area contributed by atoms with Crippen molar-refractivity contribution in [2.45, 2.75) is 18.6 Å². The van der Waals surface area contributed by atoms with Crippen molar-refractivity contribution in [2.24, 2.45) is 5.10 Å². The minimum atomic E-state index is -4.45. The molecule has 154 valence electrons. The lowest BCUT2D eigenvalue weighted by atomic mass is 9.98. The summed E-state index contributed by atoms with van der Waals surface area (Å²) in [4.78, 5) is 0. The molecule has 0 radical (unpaired) electrons. The molecule has 1 atom stereocenters. The molecule has 3 nitrogen and oxygen atoms in total. The summed E-state index contributed by atoms with van der Waals surface area (Å²) in [5.74, 6) is 0.320. The normalized spacial score (nSPS) is 16.5. The van der Waals surface area contributed by atoms with Gasteiger partial charge in [-0.2, -0.15) is 18.3 Å². The predicted octanol–water partition coefficient (Wildman–Crippen LogP) is 6.21. The summed E-state index contributed by atoms with van der Waals surface area (Å²) in [6, 6.07) is 18.0. The molecular weight excluding hydrogens is 396 g/mol. The van der Waals surface area contributed by atoms with E-state index in [1.165, 1.54) is 18.2 Å². The number of halogens is 4. The third-order valence-corrected chi connectivity index (χ3v) is 5.03. The van der Waals surface area contributed by atoms with E-state index in [4.69, 9.17) is 4.74 Å². The maximum Gasteiger partial charge on any atom is 0.416 e. The number of ether oxygens (including phenoxy) is 1. The van der Waals surface area contributed by atoms with Gasteiger partial charge in [-0.1, -0.05) is 18.2 Å². The van der Waals surface area contributed by atoms with Gasteiger partial charge in [-0.3, -0.25) is 5.01 Å². The Labute approximate surface area is 171 Å². The topological polar surface area (TPSA) is 24.8 Å². The molecular formula is C23H18F4N2O. The van der Waals surface area contributed by atoms with Gasteiger partial charge in [-0.05, 0) is 65.7 Å². The minimum absolute atomic E-state index is 0.322. The molecule has 1 heterocycles. The Kier molecular flexibility index (Phi) is 5.20. The largest absolute Gasteiger partial charge is 0.497 e. The molecule has 4 rings (SSSR count). The van der Waals surface area contributed by atoms with E-state index in [0.717, 1.165) is 29.0 Å². The molecule has 0 unspecified atom stereocenters. The molecule has 7 heteroatoms. The maximum absolute atomic E-state index is 13.4. The van der Waals surface area contributed by atoms with E-state index in [0.29, 0.717) is 17.9 Å². The maximum atomic E-state index is 13.4. The van der Waals surface area contributed by atoms with Gasteiger partial charge in [0.25, 0.3) is 0 Å². The zero-order valence-corrected chi connectivity index (χ0v) is 16.0. The number of methoxy groups -OCH3 is 1. The lowest BCUT2D eigenvalue weighted by molar-refractivity contribution is -0.137. The number of hydrogen-bond donors (Lipinski definition) is 0. The second-order valence-electron chi connectivity index (χ2n) is 6.94. The van der Waals surface area contributed by atoms with Crippen molar-refractivity contribution in [1.29, 1.82) is 0 Å². The summed E-state index contributed by atoms with van der Waals surface area (Å²) < 4.78 is 58.3. The van der Waals surface area contributed by atoms with Crippen LogP contribution < -0.4 is 9.75 Å². The quantitative estimate of drug-likeness (QED) is 0.474. The Morgan fingerprint density at radius 1 is 0.967 bits per heavy atom. The van der Waals surface area contributed by atoms with Crippen molar-refractivity contribution < 1.29 is 22.3 Å². The minimum Gasteiger partial charge on any atom is -0.497 e. The van der Waals surface area contributed by atoms with Crippen LogP contribution in [0.5, 0.6) is 5.75 Å². The molecule has 0 spiro atoms. The van der Waals surface area contributed by atoms with Gasteiger partial charge in [0.15, 0.2) is 0 Å². The average molecular weight is 414 g/mol. The van der Waals surface area contributed by atoms with Crippen LogP contribution in [-0.4, -0.2) is 12.8 Å². The van der Waals surface area contributed by atoms with E-state index in [1.807, 2.05) is 12.1 Å². The van der Waals surface area contributed by atoms with Crippen molar-refractivity contribution >= 4 is 11.4 Å². The summed E-state index contributed by atoms with van der Waals surface area (Å²) >= 11 is 0. The van der Waals surface area contributed by atoms with Crippen molar-refractivity contribution in [2.75, 3.05) is 12.1 Å². The van der Waals surface area contributed by atoms with Crippen molar-refractivity contribution in [1.82, 2.24) is 0 Å². The van der Waals surface area contributed by atoms with Gasteiger partial charge in [0.2, 0.25) is 0 Å². The van der Waals surface area contributed by atoms with E-state index >= 15 is 0 Å². The van der Waals surface area contributed by atoms with Crippen LogP contribution in [0.1, 0.15) is 29.2 Å². The van der Waals surface area contributed by atoms with Crippen molar-refractivity contribution in [3.8, 4) is 5.75 Å². The van der Waals surface area contributed by atoms with Gasteiger partial charge < -0.3 is 4.74 Å². The molecule has 3 aromatic carbocycles. The molecule has 1 aliphatic heterocycles. The lowest BCUT2D eigenvalue weighted by Crippen LogP contribution is -2.19. The molecule has 3 aromatic rings. The van der Waals surface area contributed by atoms with E-state index in [2.05, 4.69) is 5.10 Å². The first-order valence-electron chi connectivity index (χ1n) is 9.29. The average Bonchev–Trinajstić information content (AvgIpc) is 3.19. The molecule has 0 fully saturated rings. The lowest BCUT2D eigenvalue weighted by Gasteiger charge is -2.24. The molecule has 0 amide bonds. The summed E-state index contributed by atoms with van der Waals surface area (Å²) in [5, 5.41) is 6.21. The zero-order chi connectivity index (χ0) is 21.3. The van der Waals surface area contributed by atoms with Crippen LogP contribution >= 0.6 is 0 Å². The highest BCUT2D eigenvalue weighted by Crippen LogP contribution is 2.39. The Hall–Kier alpha value is -3.35. The number of rotatable bonds is 4. The molecule has 0 aliphatic carbocycles. The number of hydrogen-bond acceptors (Lipinski definition) is 3. The van der Waals surface area contributed by atoms with Gasteiger partial charge >= 0.3 is 6.18 Å². The van der Waals surface area contributed by atoms with Crippen LogP contribution in [0.2, 0.25) is 0 Å². The number of anilines is 1.